The smallest absolute Gasteiger partial charge is 0.252 e. The highest BCUT2D eigenvalue weighted by molar-refractivity contribution is 7.91. The second-order valence-corrected chi connectivity index (χ2v) is 10.4. The van der Waals surface area contributed by atoms with Crippen LogP contribution < -0.4 is 0 Å². The zero-order valence-corrected chi connectivity index (χ0v) is 17.3. The van der Waals surface area contributed by atoms with Gasteiger partial charge in [-0.05, 0) is 24.3 Å². The van der Waals surface area contributed by atoms with E-state index in [9.17, 15) is 18.5 Å². The van der Waals surface area contributed by atoms with E-state index in [4.69, 9.17) is 0 Å². The maximum Gasteiger partial charge on any atom is 0.252 e. The summed E-state index contributed by atoms with van der Waals surface area (Å²) in [6.45, 7) is 2.02. The highest BCUT2D eigenvalue weighted by atomic mass is 32.2. The fourth-order valence-electron chi connectivity index (χ4n) is 3.86. The van der Waals surface area contributed by atoms with Gasteiger partial charge in [0.2, 0.25) is 5.91 Å². The molecule has 7 nitrogen and oxygen atoms in total. The SMILES string of the molecule is CN(C(=O)CN1CCN(S(=O)(=O)c2cccs2)CC1)C1(C#N)CCCCC1. The highest BCUT2D eigenvalue weighted by Gasteiger charge is 2.39. The maximum absolute atomic E-state index is 12.7. The first kappa shape index (κ1) is 20.3. The van der Waals surface area contributed by atoms with Gasteiger partial charge in [0.05, 0.1) is 12.6 Å². The van der Waals surface area contributed by atoms with Gasteiger partial charge in [0.15, 0.2) is 0 Å². The van der Waals surface area contributed by atoms with Gasteiger partial charge in [-0.15, -0.1) is 11.3 Å². The predicted octanol–water partition coefficient (Wildman–Crippen LogP) is 1.74. The van der Waals surface area contributed by atoms with Crippen molar-refractivity contribution in [2.24, 2.45) is 0 Å². The van der Waals surface area contributed by atoms with Crippen LogP contribution in [0.15, 0.2) is 21.7 Å². The number of rotatable bonds is 5. The third kappa shape index (κ3) is 4.19. The molecule has 0 aromatic carbocycles. The number of piperazine rings is 1. The van der Waals surface area contributed by atoms with Crippen molar-refractivity contribution in [3.05, 3.63) is 17.5 Å². The number of nitrogens with zero attached hydrogens (tertiary/aromatic N) is 4. The second-order valence-electron chi connectivity index (χ2n) is 7.27. The van der Waals surface area contributed by atoms with Crippen molar-refractivity contribution in [1.82, 2.24) is 14.1 Å². The molecule has 0 atom stereocenters. The van der Waals surface area contributed by atoms with Gasteiger partial charge in [-0.1, -0.05) is 25.3 Å². The van der Waals surface area contributed by atoms with Crippen LogP contribution in [-0.2, 0) is 14.8 Å². The van der Waals surface area contributed by atoms with Crippen LogP contribution in [0.25, 0.3) is 0 Å². The molecular formula is C18H26N4O3S2. The number of thiophene rings is 1. The molecule has 0 bridgehead atoms. The van der Waals surface area contributed by atoms with Gasteiger partial charge in [0, 0.05) is 33.2 Å². The zero-order valence-electron chi connectivity index (χ0n) is 15.6. The standard InChI is InChI=1S/C18H26N4O3S2/c1-20(18(15-19)7-3-2-4-8-18)16(23)14-21-9-11-22(12-10-21)27(24,25)17-6-5-13-26-17/h5-6,13H,2-4,7-12,14H2,1H3. The predicted molar refractivity (Wildman–Crippen MR) is 104 cm³/mol. The Morgan fingerprint density at radius 1 is 1.26 bits per heavy atom. The summed E-state index contributed by atoms with van der Waals surface area (Å²) in [5.74, 6) is -0.0620. The lowest BCUT2D eigenvalue weighted by molar-refractivity contribution is -0.136. The zero-order chi connectivity index (χ0) is 19.5. The van der Waals surface area contributed by atoms with E-state index in [0.717, 1.165) is 32.1 Å². The lowest BCUT2D eigenvalue weighted by atomic mass is 9.81. The topological polar surface area (TPSA) is 84.7 Å². The van der Waals surface area contributed by atoms with E-state index in [0.29, 0.717) is 30.4 Å². The van der Waals surface area contributed by atoms with Crippen molar-refractivity contribution in [2.75, 3.05) is 39.8 Å². The highest BCUT2D eigenvalue weighted by Crippen LogP contribution is 2.32. The van der Waals surface area contributed by atoms with Crippen LogP contribution >= 0.6 is 11.3 Å². The lowest BCUT2D eigenvalue weighted by Crippen LogP contribution is -2.55. The number of carbonyl (C=O) groups is 1. The van der Waals surface area contributed by atoms with Crippen LogP contribution in [0.3, 0.4) is 0 Å². The molecule has 1 aliphatic carbocycles. The molecule has 2 heterocycles. The summed E-state index contributed by atoms with van der Waals surface area (Å²) in [4.78, 5) is 16.3. The molecular weight excluding hydrogens is 384 g/mol. The number of likely N-dealkylation sites (N-methyl/N-ethyl adjacent to an activating group) is 1. The van der Waals surface area contributed by atoms with Gasteiger partial charge >= 0.3 is 0 Å². The molecule has 0 radical (unpaired) electrons. The Balaban J connectivity index is 1.56. The molecule has 2 fully saturated rings. The van der Waals surface area contributed by atoms with E-state index in [1.807, 2.05) is 4.90 Å². The molecule has 1 aromatic rings. The minimum Gasteiger partial charge on any atom is -0.326 e. The molecule has 3 rings (SSSR count). The Kier molecular flexibility index (Phi) is 6.21. The Labute approximate surface area is 165 Å². The van der Waals surface area contributed by atoms with Crippen molar-refractivity contribution < 1.29 is 13.2 Å². The van der Waals surface area contributed by atoms with Crippen molar-refractivity contribution >= 4 is 27.3 Å². The Morgan fingerprint density at radius 3 is 2.48 bits per heavy atom. The van der Waals surface area contributed by atoms with Gasteiger partial charge in [-0.2, -0.15) is 9.57 Å². The Bertz CT molecular complexity index is 787. The summed E-state index contributed by atoms with van der Waals surface area (Å²) in [6.07, 6.45) is 4.54. The fourth-order valence-corrected chi connectivity index (χ4v) is 6.43. The molecule has 1 aliphatic heterocycles. The molecule has 148 valence electrons. The number of amides is 1. The minimum absolute atomic E-state index is 0.0620. The third-order valence-corrected chi connectivity index (χ3v) is 8.96. The molecule has 1 saturated carbocycles. The lowest BCUT2D eigenvalue weighted by Gasteiger charge is -2.40. The first-order valence-electron chi connectivity index (χ1n) is 9.33. The number of carbonyl (C=O) groups excluding carboxylic acids is 1. The largest absolute Gasteiger partial charge is 0.326 e. The molecule has 9 heteroatoms. The van der Waals surface area contributed by atoms with E-state index < -0.39 is 15.6 Å². The summed E-state index contributed by atoms with van der Waals surface area (Å²) >= 11 is 1.22. The van der Waals surface area contributed by atoms with Crippen molar-refractivity contribution in [2.45, 2.75) is 41.9 Å². The Hall–Kier alpha value is -1.47. The van der Waals surface area contributed by atoms with Crippen LogP contribution in [0.1, 0.15) is 32.1 Å². The average Bonchev–Trinajstić information content (AvgIpc) is 3.24. The minimum atomic E-state index is -3.43. The normalized spacial score (nSPS) is 21.5. The van der Waals surface area contributed by atoms with Gasteiger partial charge in [-0.25, -0.2) is 8.42 Å². The van der Waals surface area contributed by atoms with Crippen LogP contribution in [0.5, 0.6) is 0 Å². The first-order valence-corrected chi connectivity index (χ1v) is 11.6. The first-order chi connectivity index (χ1) is 12.9. The van der Waals surface area contributed by atoms with E-state index >= 15 is 0 Å². The number of hydrogen-bond donors (Lipinski definition) is 0. The van der Waals surface area contributed by atoms with Crippen molar-refractivity contribution in [3.8, 4) is 6.07 Å². The molecule has 0 N–H and O–H groups in total. The molecule has 0 unspecified atom stereocenters. The van der Waals surface area contributed by atoms with Gasteiger partial charge in [-0.3, -0.25) is 9.69 Å². The monoisotopic (exact) mass is 410 g/mol. The number of sulfonamides is 1. The summed E-state index contributed by atoms with van der Waals surface area (Å²) in [7, 11) is -1.70. The quantitative estimate of drug-likeness (QED) is 0.738. The van der Waals surface area contributed by atoms with E-state index in [-0.39, 0.29) is 12.5 Å². The van der Waals surface area contributed by atoms with Crippen LogP contribution in [-0.4, -0.2) is 73.7 Å². The van der Waals surface area contributed by atoms with E-state index in [1.165, 1.54) is 15.6 Å². The molecule has 1 saturated heterocycles. The summed E-state index contributed by atoms with van der Waals surface area (Å²) in [5.41, 5.74) is -0.681. The summed E-state index contributed by atoms with van der Waals surface area (Å²) < 4.78 is 27.0. The number of nitriles is 1. The van der Waals surface area contributed by atoms with Crippen molar-refractivity contribution in [3.63, 3.8) is 0 Å². The molecule has 1 amide bonds. The van der Waals surface area contributed by atoms with Gasteiger partial charge in [0.25, 0.3) is 10.0 Å². The average molecular weight is 411 g/mol. The third-order valence-electron chi connectivity index (χ3n) is 5.68. The number of hydrogen-bond acceptors (Lipinski definition) is 6. The van der Waals surface area contributed by atoms with Gasteiger partial charge in [0.1, 0.15) is 9.75 Å². The Morgan fingerprint density at radius 2 is 1.93 bits per heavy atom. The van der Waals surface area contributed by atoms with Crippen LogP contribution in [0.2, 0.25) is 0 Å². The van der Waals surface area contributed by atoms with Crippen LogP contribution in [0, 0.1) is 11.3 Å². The van der Waals surface area contributed by atoms with Crippen LogP contribution in [0.4, 0.5) is 0 Å². The molecule has 1 aromatic heterocycles. The maximum atomic E-state index is 12.7. The van der Waals surface area contributed by atoms with Gasteiger partial charge < -0.3 is 4.90 Å². The molecule has 0 spiro atoms. The summed E-state index contributed by atoms with van der Waals surface area (Å²) in [5, 5.41) is 11.4. The second kappa shape index (κ2) is 8.27. The molecule has 2 aliphatic rings. The van der Waals surface area contributed by atoms with Crippen molar-refractivity contribution in [1.29, 1.82) is 5.26 Å². The summed E-state index contributed by atoms with van der Waals surface area (Å²) in [6, 6.07) is 5.73. The van der Waals surface area contributed by atoms with E-state index in [1.54, 1.807) is 29.5 Å². The van der Waals surface area contributed by atoms with E-state index in [2.05, 4.69) is 6.07 Å². The molecule has 27 heavy (non-hydrogen) atoms. The fraction of sp³-hybridized carbons (Fsp3) is 0.667.